The highest BCUT2D eigenvalue weighted by atomic mass is 32.1. The molecule has 1 saturated carbocycles. The number of H-pyrrole nitrogens is 1. The molecule has 3 N–H and O–H groups in total. The van der Waals surface area contributed by atoms with E-state index in [-0.39, 0.29) is 23.6 Å². The van der Waals surface area contributed by atoms with Crippen molar-refractivity contribution in [2.24, 2.45) is 5.92 Å². The summed E-state index contributed by atoms with van der Waals surface area (Å²) in [6, 6.07) is 18.0. The van der Waals surface area contributed by atoms with Crippen LogP contribution in [-0.4, -0.2) is 38.4 Å². The van der Waals surface area contributed by atoms with Crippen molar-refractivity contribution in [2.45, 2.75) is 57.0 Å². The van der Waals surface area contributed by atoms with Crippen molar-refractivity contribution in [3.8, 4) is 17.0 Å². The summed E-state index contributed by atoms with van der Waals surface area (Å²) in [5.41, 5.74) is 3.22. The summed E-state index contributed by atoms with van der Waals surface area (Å²) >= 11 is 1.39. The van der Waals surface area contributed by atoms with E-state index in [9.17, 15) is 14.9 Å². The Morgan fingerprint density at radius 2 is 1.91 bits per heavy atom. The number of nitro benzene ring substituents is 1. The number of nitrogens with zero attached hydrogens (tertiary/aromatic N) is 3. The number of anilines is 1. The monoisotopic (exact) mass is 624 g/mol. The minimum absolute atomic E-state index is 0.0224. The van der Waals surface area contributed by atoms with Gasteiger partial charge in [0.2, 0.25) is 5.91 Å². The second-order valence-corrected chi connectivity index (χ2v) is 12.7. The van der Waals surface area contributed by atoms with Crippen LogP contribution < -0.4 is 15.4 Å². The first-order valence-corrected chi connectivity index (χ1v) is 16.1. The van der Waals surface area contributed by atoms with E-state index in [1.54, 1.807) is 25.4 Å². The minimum Gasteiger partial charge on any atom is -0.495 e. The van der Waals surface area contributed by atoms with Crippen molar-refractivity contribution < 1.29 is 14.5 Å². The molecule has 1 amide bonds. The molecule has 2 aromatic carbocycles. The van der Waals surface area contributed by atoms with Gasteiger partial charge in [0, 0.05) is 46.6 Å². The molecule has 0 bridgehead atoms. The number of carbonyl (C=O) groups excluding carboxylic acids is 1. The van der Waals surface area contributed by atoms with Crippen molar-refractivity contribution in [1.82, 2.24) is 20.3 Å². The molecule has 1 fully saturated rings. The van der Waals surface area contributed by atoms with Crippen molar-refractivity contribution >= 4 is 39.0 Å². The fourth-order valence-corrected chi connectivity index (χ4v) is 7.04. The smallest absolute Gasteiger partial charge is 0.269 e. The van der Waals surface area contributed by atoms with Gasteiger partial charge < -0.3 is 20.4 Å². The Labute approximate surface area is 265 Å². The Bertz CT molecular complexity index is 1780. The average molecular weight is 625 g/mol. The molecule has 0 radical (unpaired) electrons. The molecule has 1 aliphatic rings. The van der Waals surface area contributed by atoms with Gasteiger partial charge in [-0.2, -0.15) is 0 Å². The molecule has 0 spiro atoms. The van der Waals surface area contributed by atoms with Gasteiger partial charge in [-0.15, -0.1) is 11.3 Å². The van der Waals surface area contributed by atoms with Gasteiger partial charge in [0.15, 0.2) is 5.13 Å². The lowest BCUT2D eigenvalue weighted by molar-refractivity contribution is -0.384. The highest BCUT2D eigenvalue weighted by molar-refractivity contribution is 7.14. The number of para-hydroxylation sites is 1. The molecule has 10 nitrogen and oxygen atoms in total. The summed E-state index contributed by atoms with van der Waals surface area (Å²) < 4.78 is 5.34. The van der Waals surface area contributed by atoms with Gasteiger partial charge in [-0.05, 0) is 61.6 Å². The zero-order valence-corrected chi connectivity index (χ0v) is 26.1. The maximum atomic E-state index is 14.5. The third kappa shape index (κ3) is 6.68. The standard InChI is InChI=1S/C34H36N6O4S/c1-34(18-24-19-35-28-11-7-6-10-27(24)28,39-33-37-30(21-45-33)22-12-14-25(15-13-22)40(42)43)32(41)38-31(23-8-4-3-5-9-23)29-17-16-26(44-2)20-36-29/h6-7,10-17,19-21,23,31,35H,3-5,8-9,18H2,1-2H3,(H,37,39)(H,38,41)/t31?,34-/m0/s1. The van der Waals surface area contributed by atoms with E-state index < -0.39 is 10.5 Å². The molecule has 1 unspecified atom stereocenters. The number of fused-ring (bicyclic) bond motifs is 1. The highest BCUT2D eigenvalue weighted by Crippen LogP contribution is 2.36. The summed E-state index contributed by atoms with van der Waals surface area (Å²) in [4.78, 5) is 38.0. The third-order valence-corrected chi connectivity index (χ3v) is 9.46. The molecule has 0 saturated heterocycles. The number of benzene rings is 2. The largest absolute Gasteiger partial charge is 0.495 e. The molecular weight excluding hydrogens is 588 g/mol. The van der Waals surface area contributed by atoms with E-state index in [1.807, 2.05) is 48.8 Å². The minimum atomic E-state index is -1.07. The first kappa shape index (κ1) is 30.3. The van der Waals surface area contributed by atoms with Gasteiger partial charge in [-0.3, -0.25) is 19.9 Å². The Morgan fingerprint density at radius 3 is 2.62 bits per heavy atom. The molecule has 6 rings (SSSR count). The first-order valence-electron chi connectivity index (χ1n) is 15.2. The molecule has 11 heteroatoms. The highest BCUT2D eigenvalue weighted by Gasteiger charge is 2.38. The van der Waals surface area contributed by atoms with Crippen LogP contribution in [-0.2, 0) is 11.2 Å². The SMILES string of the molecule is COc1ccc(C(NC(=O)[C@](C)(Cc2c[nH]c3ccccc23)Nc2nc(-c3ccc([N+](=O)[O-])cc3)cs2)C2CCCCC2)nc1. The summed E-state index contributed by atoms with van der Waals surface area (Å²) in [5, 5.41) is 21.5. The van der Waals surface area contributed by atoms with Crippen LogP contribution in [0.15, 0.2) is 78.4 Å². The number of ether oxygens (including phenoxy) is 1. The lowest BCUT2D eigenvalue weighted by Crippen LogP contribution is -2.53. The molecule has 0 aliphatic heterocycles. The summed E-state index contributed by atoms with van der Waals surface area (Å²) in [7, 11) is 1.62. The number of rotatable bonds is 11. The first-order chi connectivity index (χ1) is 21.8. The van der Waals surface area contributed by atoms with Crippen molar-refractivity contribution in [3.63, 3.8) is 0 Å². The predicted molar refractivity (Wildman–Crippen MR) is 176 cm³/mol. The van der Waals surface area contributed by atoms with Gasteiger partial charge in [0.25, 0.3) is 5.69 Å². The Morgan fingerprint density at radius 1 is 1.13 bits per heavy atom. The van der Waals surface area contributed by atoms with Crippen LogP contribution in [0.2, 0.25) is 0 Å². The number of nitrogens with one attached hydrogen (secondary N) is 3. The van der Waals surface area contributed by atoms with E-state index in [0.29, 0.717) is 23.0 Å². The number of nitro groups is 1. The maximum Gasteiger partial charge on any atom is 0.269 e. The molecule has 2 atom stereocenters. The number of methoxy groups -OCH3 is 1. The zero-order valence-electron chi connectivity index (χ0n) is 25.3. The maximum absolute atomic E-state index is 14.5. The number of carbonyl (C=O) groups is 1. The number of thiazole rings is 1. The Hall–Kier alpha value is -4.77. The summed E-state index contributed by atoms with van der Waals surface area (Å²) in [6.07, 6.45) is 9.58. The number of hydrogen-bond donors (Lipinski definition) is 3. The van der Waals surface area contributed by atoms with Gasteiger partial charge in [-0.1, -0.05) is 37.5 Å². The number of non-ortho nitro benzene ring substituents is 1. The molecule has 232 valence electrons. The van der Waals surface area contributed by atoms with E-state index in [4.69, 9.17) is 14.7 Å². The Balaban J connectivity index is 1.32. The van der Waals surface area contributed by atoms with Gasteiger partial charge in [0.1, 0.15) is 11.3 Å². The molecular formula is C34H36N6O4S. The van der Waals surface area contributed by atoms with E-state index >= 15 is 0 Å². The molecule has 3 heterocycles. The molecule has 45 heavy (non-hydrogen) atoms. The normalized spacial score (nSPS) is 15.7. The molecule has 5 aromatic rings. The fourth-order valence-electron chi connectivity index (χ4n) is 6.19. The lowest BCUT2D eigenvalue weighted by atomic mass is 9.81. The molecule has 1 aliphatic carbocycles. The fraction of sp³-hybridized carbons (Fsp3) is 0.324. The number of hydrogen-bond acceptors (Lipinski definition) is 8. The average Bonchev–Trinajstić information content (AvgIpc) is 3.71. The van der Waals surface area contributed by atoms with Crippen LogP contribution in [0.25, 0.3) is 22.2 Å². The van der Waals surface area contributed by atoms with E-state index in [1.165, 1.54) is 29.9 Å². The zero-order chi connectivity index (χ0) is 31.4. The number of pyridine rings is 1. The topological polar surface area (TPSA) is 135 Å². The number of aromatic nitrogens is 3. The van der Waals surface area contributed by atoms with Gasteiger partial charge in [0.05, 0.1) is 35.7 Å². The number of amides is 1. The third-order valence-electron chi connectivity index (χ3n) is 8.70. The van der Waals surface area contributed by atoms with Crippen LogP contribution in [0.1, 0.15) is 56.3 Å². The van der Waals surface area contributed by atoms with E-state index in [2.05, 4.69) is 21.7 Å². The lowest BCUT2D eigenvalue weighted by Gasteiger charge is -2.35. The van der Waals surface area contributed by atoms with Gasteiger partial charge >= 0.3 is 0 Å². The summed E-state index contributed by atoms with van der Waals surface area (Å²) in [6.45, 7) is 1.91. The quantitative estimate of drug-likeness (QED) is 0.103. The summed E-state index contributed by atoms with van der Waals surface area (Å²) in [5.74, 6) is 0.800. The Kier molecular flexibility index (Phi) is 8.79. The van der Waals surface area contributed by atoms with Crippen molar-refractivity contribution in [1.29, 1.82) is 0 Å². The second kappa shape index (κ2) is 13.1. The van der Waals surface area contributed by atoms with Crippen LogP contribution >= 0.6 is 11.3 Å². The second-order valence-electron chi connectivity index (χ2n) is 11.8. The van der Waals surface area contributed by atoms with Crippen LogP contribution in [0.4, 0.5) is 10.8 Å². The van der Waals surface area contributed by atoms with Crippen molar-refractivity contribution in [2.75, 3.05) is 12.4 Å². The van der Waals surface area contributed by atoms with Crippen LogP contribution in [0.5, 0.6) is 5.75 Å². The van der Waals surface area contributed by atoms with Crippen LogP contribution in [0, 0.1) is 16.0 Å². The molecule has 3 aromatic heterocycles. The van der Waals surface area contributed by atoms with E-state index in [0.717, 1.165) is 53.4 Å². The number of aromatic amines is 1. The van der Waals surface area contributed by atoms with Gasteiger partial charge in [-0.25, -0.2) is 4.98 Å². The van der Waals surface area contributed by atoms with Crippen LogP contribution in [0.3, 0.4) is 0 Å². The van der Waals surface area contributed by atoms with Crippen molar-refractivity contribution in [3.05, 3.63) is 99.8 Å². The predicted octanol–water partition coefficient (Wildman–Crippen LogP) is 7.45.